The first kappa shape index (κ1) is 16.5. The van der Waals surface area contributed by atoms with Crippen molar-refractivity contribution in [3.05, 3.63) is 36.0 Å². The monoisotopic (exact) mass is 327 g/mol. The van der Waals surface area contributed by atoms with Gasteiger partial charge in [-0.25, -0.2) is 0 Å². The number of methoxy groups -OCH3 is 1. The number of rotatable bonds is 6. The lowest BCUT2D eigenvalue weighted by molar-refractivity contribution is 0.414. The molecular formula is C18H25N5O. The topological polar surface area (TPSA) is 63.2 Å². The second kappa shape index (κ2) is 7.95. The molecule has 2 heterocycles. The third-order valence-corrected chi connectivity index (χ3v) is 4.38. The lowest BCUT2D eigenvalue weighted by Gasteiger charge is -2.31. The van der Waals surface area contributed by atoms with E-state index in [1.807, 2.05) is 12.1 Å². The van der Waals surface area contributed by atoms with Crippen molar-refractivity contribution in [3.8, 4) is 5.75 Å². The molecule has 0 spiro atoms. The van der Waals surface area contributed by atoms with Crippen molar-refractivity contribution in [1.82, 2.24) is 15.2 Å². The zero-order valence-electron chi connectivity index (χ0n) is 14.4. The molecule has 1 atom stereocenters. The van der Waals surface area contributed by atoms with E-state index >= 15 is 0 Å². The van der Waals surface area contributed by atoms with E-state index in [0.717, 1.165) is 37.6 Å². The second-order valence-electron chi connectivity index (χ2n) is 6.36. The lowest BCUT2D eigenvalue weighted by Crippen LogP contribution is -2.35. The lowest BCUT2D eigenvalue weighted by atomic mass is 10.0. The van der Waals surface area contributed by atoms with Crippen LogP contribution in [0.3, 0.4) is 0 Å². The van der Waals surface area contributed by atoms with Crippen molar-refractivity contribution in [1.29, 1.82) is 0 Å². The number of benzene rings is 1. The average Bonchev–Trinajstić information content (AvgIpc) is 2.63. The Labute approximate surface area is 143 Å². The molecular weight excluding hydrogens is 302 g/mol. The molecule has 0 bridgehead atoms. The predicted octanol–water partition coefficient (Wildman–Crippen LogP) is 2.77. The number of hydrogen-bond donors (Lipinski definition) is 1. The summed E-state index contributed by atoms with van der Waals surface area (Å²) in [7, 11) is 1.68. The van der Waals surface area contributed by atoms with Gasteiger partial charge >= 0.3 is 0 Å². The Morgan fingerprint density at radius 3 is 2.88 bits per heavy atom. The summed E-state index contributed by atoms with van der Waals surface area (Å²) in [6.07, 6.45) is 5.17. The Morgan fingerprint density at radius 2 is 2.12 bits per heavy atom. The molecule has 6 nitrogen and oxygen atoms in total. The first-order valence-electron chi connectivity index (χ1n) is 8.56. The van der Waals surface area contributed by atoms with Crippen molar-refractivity contribution in [2.24, 2.45) is 5.92 Å². The van der Waals surface area contributed by atoms with E-state index in [-0.39, 0.29) is 0 Å². The van der Waals surface area contributed by atoms with E-state index in [1.165, 1.54) is 18.4 Å². The Hall–Kier alpha value is -2.37. The van der Waals surface area contributed by atoms with Crippen molar-refractivity contribution in [2.45, 2.75) is 26.2 Å². The molecule has 6 heteroatoms. The molecule has 0 radical (unpaired) electrons. The zero-order valence-corrected chi connectivity index (χ0v) is 14.4. The zero-order chi connectivity index (χ0) is 16.8. The fourth-order valence-corrected chi connectivity index (χ4v) is 3.03. The molecule has 1 saturated heterocycles. The van der Waals surface area contributed by atoms with E-state index in [4.69, 9.17) is 4.74 Å². The fraction of sp³-hybridized carbons (Fsp3) is 0.500. The summed E-state index contributed by atoms with van der Waals surface area (Å²) in [5, 5.41) is 11.5. The van der Waals surface area contributed by atoms with Crippen LogP contribution in [0.5, 0.6) is 5.75 Å². The maximum absolute atomic E-state index is 5.17. The highest BCUT2D eigenvalue weighted by Gasteiger charge is 2.18. The van der Waals surface area contributed by atoms with Gasteiger partial charge in [-0.3, -0.25) is 0 Å². The summed E-state index contributed by atoms with van der Waals surface area (Å²) in [4.78, 5) is 6.91. The van der Waals surface area contributed by atoms with Crippen LogP contribution < -0.4 is 15.0 Å². The van der Waals surface area contributed by atoms with E-state index in [2.05, 4.69) is 44.5 Å². The van der Waals surface area contributed by atoms with Gasteiger partial charge in [0, 0.05) is 19.6 Å². The highest BCUT2D eigenvalue weighted by Crippen LogP contribution is 2.21. The smallest absolute Gasteiger partial charge is 0.244 e. The molecule has 2 aromatic rings. The Balaban J connectivity index is 1.54. The first-order chi connectivity index (χ1) is 11.7. The van der Waals surface area contributed by atoms with Gasteiger partial charge in [0.15, 0.2) is 5.82 Å². The van der Waals surface area contributed by atoms with E-state index in [9.17, 15) is 0 Å². The van der Waals surface area contributed by atoms with E-state index in [0.29, 0.717) is 11.9 Å². The van der Waals surface area contributed by atoms with Gasteiger partial charge in [0.2, 0.25) is 5.95 Å². The normalized spacial score (nSPS) is 17.6. The SMILES string of the molecule is COc1ccc(CCNc2nncc(N3CCCC(C)C3)n2)cc1. The van der Waals surface area contributed by atoms with Crippen LogP contribution in [0.1, 0.15) is 25.3 Å². The minimum Gasteiger partial charge on any atom is -0.497 e. The third kappa shape index (κ3) is 4.34. The van der Waals surface area contributed by atoms with Crippen molar-refractivity contribution in [2.75, 3.05) is 37.0 Å². The molecule has 1 fully saturated rings. The Morgan fingerprint density at radius 1 is 1.29 bits per heavy atom. The van der Waals surface area contributed by atoms with Crippen molar-refractivity contribution < 1.29 is 4.74 Å². The largest absolute Gasteiger partial charge is 0.497 e. The van der Waals surface area contributed by atoms with Crippen LogP contribution in [0.4, 0.5) is 11.8 Å². The van der Waals surface area contributed by atoms with Gasteiger partial charge in [-0.2, -0.15) is 10.1 Å². The van der Waals surface area contributed by atoms with Gasteiger partial charge in [0.1, 0.15) is 5.75 Å². The van der Waals surface area contributed by atoms with Crippen LogP contribution in [0.2, 0.25) is 0 Å². The molecule has 1 aromatic carbocycles. The number of ether oxygens (including phenoxy) is 1. The summed E-state index contributed by atoms with van der Waals surface area (Å²) in [5.74, 6) is 3.10. The number of nitrogens with zero attached hydrogens (tertiary/aromatic N) is 4. The highest BCUT2D eigenvalue weighted by atomic mass is 16.5. The minimum atomic E-state index is 0.597. The van der Waals surface area contributed by atoms with Crippen molar-refractivity contribution >= 4 is 11.8 Å². The van der Waals surface area contributed by atoms with Crippen LogP contribution in [-0.4, -0.2) is 41.9 Å². The molecule has 1 aliphatic rings. The molecule has 0 aliphatic carbocycles. The second-order valence-corrected chi connectivity index (χ2v) is 6.36. The van der Waals surface area contributed by atoms with Crippen LogP contribution in [0.25, 0.3) is 0 Å². The molecule has 0 saturated carbocycles. The van der Waals surface area contributed by atoms with Gasteiger partial charge in [-0.05, 0) is 42.9 Å². The molecule has 1 unspecified atom stereocenters. The van der Waals surface area contributed by atoms with Gasteiger partial charge in [-0.15, -0.1) is 5.10 Å². The summed E-state index contributed by atoms with van der Waals surface area (Å²) in [5.41, 5.74) is 1.25. The van der Waals surface area contributed by atoms with E-state index in [1.54, 1.807) is 13.3 Å². The maximum Gasteiger partial charge on any atom is 0.244 e. The first-order valence-corrected chi connectivity index (χ1v) is 8.56. The number of anilines is 2. The van der Waals surface area contributed by atoms with E-state index < -0.39 is 0 Å². The third-order valence-electron chi connectivity index (χ3n) is 4.38. The summed E-state index contributed by atoms with van der Waals surface area (Å²) in [6.45, 7) is 5.15. The van der Waals surface area contributed by atoms with Crippen LogP contribution in [0.15, 0.2) is 30.5 Å². The van der Waals surface area contributed by atoms with Crippen LogP contribution in [0, 0.1) is 5.92 Å². The van der Waals surface area contributed by atoms with Crippen LogP contribution in [-0.2, 0) is 6.42 Å². The van der Waals surface area contributed by atoms with Gasteiger partial charge < -0.3 is 15.0 Å². The van der Waals surface area contributed by atoms with Crippen molar-refractivity contribution in [3.63, 3.8) is 0 Å². The molecule has 1 aliphatic heterocycles. The number of piperidine rings is 1. The minimum absolute atomic E-state index is 0.597. The number of nitrogens with one attached hydrogen (secondary N) is 1. The summed E-state index contributed by atoms with van der Waals surface area (Å²) >= 11 is 0. The maximum atomic E-state index is 5.17. The number of hydrogen-bond acceptors (Lipinski definition) is 6. The molecule has 0 amide bonds. The standard InChI is InChI=1S/C18H25N5O/c1-14-4-3-11-23(13-14)17-12-20-22-18(21-17)19-10-9-15-5-7-16(24-2)8-6-15/h5-8,12,14H,3-4,9-11,13H2,1-2H3,(H,19,21,22). The molecule has 1 aromatic heterocycles. The molecule has 24 heavy (non-hydrogen) atoms. The summed E-state index contributed by atoms with van der Waals surface area (Å²) < 4.78 is 5.17. The fourth-order valence-electron chi connectivity index (χ4n) is 3.03. The Bertz CT molecular complexity index is 646. The summed E-state index contributed by atoms with van der Waals surface area (Å²) in [6, 6.07) is 8.10. The Kier molecular flexibility index (Phi) is 5.46. The van der Waals surface area contributed by atoms with Crippen LogP contribution >= 0.6 is 0 Å². The van der Waals surface area contributed by atoms with Gasteiger partial charge in [0.25, 0.3) is 0 Å². The van der Waals surface area contributed by atoms with Gasteiger partial charge in [0.05, 0.1) is 13.3 Å². The average molecular weight is 327 g/mol. The molecule has 1 N–H and O–H groups in total. The predicted molar refractivity (Wildman–Crippen MR) is 95.6 cm³/mol. The quantitative estimate of drug-likeness (QED) is 0.880. The highest BCUT2D eigenvalue weighted by molar-refractivity contribution is 5.40. The number of aromatic nitrogens is 3. The van der Waals surface area contributed by atoms with Gasteiger partial charge in [-0.1, -0.05) is 19.1 Å². The molecule has 3 rings (SSSR count). The molecule has 128 valence electrons.